The highest BCUT2D eigenvalue weighted by molar-refractivity contribution is 7.99. The first-order chi connectivity index (χ1) is 15.1. The van der Waals surface area contributed by atoms with E-state index in [0.29, 0.717) is 29.6 Å². The van der Waals surface area contributed by atoms with Crippen molar-refractivity contribution in [3.63, 3.8) is 0 Å². The molecule has 1 amide bonds. The number of nitrogens with one attached hydrogen (secondary N) is 1. The Hall–Kier alpha value is -2.67. The number of para-hydroxylation sites is 1. The van der Waals surface area contributed by atoms with Crippen molar-refractivity contribution in [3.05, 3.63) is 50.6 Å². The standard InChI is InChI=1S/C22H22N4O3S2/c1-29-11-10-26-21(28)19-15-7-3-5-9-17(15)31-20(19)25-22(26)30-13-18(27)24-16-8-4-2-6-14(16)12-23/h2,4,6,8H,3,5,7,9-11,13H2,1H3,(H,24,27). The summed E-state index contributed by atoms with van der Waals surface area (Å²) in [5.74, 6) is -0.179. The molecule has 0 saturated heterocycles. The van der Waals surface area contributed by atoms with Crippen LogP contribution in [0.1, 0.15) is 28.8 Å². The average molecular weight is 455 g/mol. The van der Waals surface area contributed by atoms with Crippen LogP contribution in [-0.2, 0) is 28.9 Å². The van der Waals surface area contributed by atoms with Gasteiger partial charge in [0.1, 0.15) is 10.9 Å². The van der Waals surface area contributed by atoms with Crippen LogP contribution in [0.3, 0.4) is 0 Å². The zero-order valence-corrected chi connectivity index (χ0v) is 18.8. The van der Waals surface area contributed by atoms with Crippen molar-refractivity contribution in [2.24, 2.45) is 0 Å². The van der Waals surface area contributed by atoms with Crippen LogP contribution < -0.4 is 10.9 Å². The fraction of sp³-hybridized carbons (Fsp3) is 0.364. The van der Waals surface area contributed by atoms with Crippen LogP contribution in [0.5, 0.6) is 0 Å². The Kier molecular flexibility index (Phi) is 6.70. The third-order valence-corrected chi connectivity index (χ3v) is 7.37. The molecule has 7 nitrogen and oxygen atoms in total. The zero-order chi connectivity index (χ0) is 21.8. The predicted molar refractivity (Wildman–Crippen MR) is 123 cm³/mol. The lowest BCUT2D eigenvalue weighted by Crippen LogP contribution is -2.26. The first kappa shape index (κ1) is 21.6. The molecule has 0 aliphatic heterocycles. The Bertz CT molecular complexity index is 1230. The Balaban J connectivity index is 1.61. The molecule has 160 valence electrons. The Morgan fingerprint density at radius 2 is 2.16 bits per heavy atom. The Morgan fingerprint density at radius 1 is 1.35 bits per heavy atom. The summed E-state index contributed by atoms with van der Waals surface area (Å²) in [6.07, 6.45) is 4.15. The molecule has 0 saturated carbocycles. The van der Waals surface area contributed by atoms with Crippen LogP contribution in [0.4, 0.5) is 5.69 Å². The van der Waals surface area contributed by atoms with Crippen LogP contribution in [0, 0.1) is 11.3 Å². The monoisotopic (exact) mass is 454 g/mol. The van der Waals surface area contributed by atoms with Crippen molar-refractivity contribution in [2.45, 2.75) is 37.4 Å². The van der Waals surface area contributed by atoms with Gasteiger partial charge in [0.2, 0.25) is 5.91 Å². The molecule has 1 aromatic carbocycles. The van der Waals surface area contributed by atoms with Gasteiger partial charge < -0.3 is 10.1 Å². The normalized spacial score (nSPS) is 13.0. The number of aryl methyl sites for hydroxylation is 2. The largest absolute Gasteiger partial charge is 0.383 e. The molecule has 0 atom stereocenters. The number of thioether (sulfide) groups is 1. The molecule has 3 aromatic rings. The number of thiophene rings is 1. The molecule has 0 spiro atoms. The van der Waals surface area contributed by atoms with Crippen molar-refractivity contribution in [3.8, 4) is 6.07 Å². The number of hydrogen-bond acceptors (Lipinski definition) is 7. The van der Waals surface area contributed by atoms with E-state index in [9.17, 15) is 14.9 Å². The van der Waals surface area contributed by atoms with E-state index >= 15 is 0 Å². The van der Waals surface area contributed by atoms with E-state index in [1.807, 2.05) is 0 Å². The predicted octanol–water partition coefficient (Wildman–Crippen LogP) is 3.59. The fourth-order valence-electron chi connectivity index (χ4n) is 3.72. The molecule has 4 rings (SSSR count). The number of nitrogens with zero attached hydrogens (tertiary/aromatic N) is 3. The minimum Gasteiger partial charge on any atom is -0.383 e. The van der Waals surface area contributed by atoms with Crippen LogP contribution in [0.2, 0.25) is 0 Å². The van der Waals surface area contributed by atoms with Gasteiger partial charge in [0.25, 0.3) is 5.56 Å². The highest BCUT2D eigenvalue weighted by atomic mass is 32.2. The van der Waals surface area contributed by atoms with Crippen molar-refractivity contribution in [1.82, 2.24) is 9.55 Å². The zero-order valence-electron chi connectivity index (χ0n) is 17.1. The number of benzene rings is 1. The number of methoxy groups -OCH3 is 1. The number of anilines is 1. The maximum Gasteiger partial charge on any atom is 0.263 e. The summed E-state index contributed by atoms with van der Waals surface area (Å²) in [5.41, 5.74) is 1.97. The highest BCUT2D eigenvalue weighted by Gasteiger charge is 2.22. The van der Waals surface area contributed by atoms with Crippen molar-refractivity contribution < 1.29 is 9.53 Å². The number of aromatic nitrogens is 2. The van der Waals surface area contributed by atoms with Gasteiger partial charge in [0.15, 0.2) is 5.16 Å². The maximum absolute atomic E-state index is 13.3. The lowest BCUT2D eigenvalue weighted by molar-refractivity contribution is -0.113. The van der Waals surface area contributed by atoms with Gasteiger partial charge in [-0.25, -0.2) is 4.98 Å². The number of amides is 1. The second kappa shape index (κ2) is 9.64. The summed E-state index contributed by atoms with van der Waals surface area (Å²) >= 11 is 2.82. The van der Waals surface area contributed by atoms with E-state index in [2.05, 4.69) is 11.4 Å². The summed E-state index contributed by atoms with van der Waals surface area (Å²) < 4.78 is 6.81. The van der Waals surface area contributed by atoms with E-state index in [-0.39, 0.29) is 17.2 Å². The summed E-state index contributed by atoms with van der Waals surface area (Å²) in [6.45, 7) is 0.763. The van der Waals surface area contributed by atoms with Gasteiger partial charge in [0, 0.05) is 12.0 Å². The number of fused-ring (bicyclic) bond motifs is 3. The minimum atomic E-state index is -0.259. The van der Waals surface area contributed by atoms with Gasteiger partial charge >= 0.3 is 0 Å². The van der Waals surface area contributed by atoms with Gasteiger partial charge in [-0.15, -0.1) is 11.3 Å². The van der Waals surface area contributed by atoms with Crippen LogP contribution in [-0.4, -0.2) is 34.9 Å². The molecule has 1 aliphatic rings. The molecule has 1 aliphatic carbocycles. The van der Waals surface area contributed by atoms with Gasteiger partial charge in [-0.3, -0.25) is 14.2 Å². The van der Waals surface area contributed by atoms with Crippen LogP contribution in [0.15, 0.2) is 34.2 Å². The smallest absolute Gasteiger partial charge is 0.263 e. The molecule has 0 radical (unpaired) electrons. The first-order valence-corrected chi connectivity index (χ1v) is 11.9. The maximum atomic E-state index is 13.3. The second-order valence-electron chi connectivity index (χ2n) is 7.23. The van der Waals surface area contributed by atoms with Gasteiger partial charge in [0.05, 0.1) is 35.5 Å². The molecule has 31 heavy (non-hydrogen) atoms. The molecule has 0 unspecified atom stereocenters. The van der Waals surface area contributed by atoms with E-state index in [1.165, 1.54) is 16.6 Å². The molecule has 2 aromatic heterocycles. The number of ether oxygens (including phenoxy) is 1. The third-order valence-electron chi connectivity index (χ3n) is 5.21. The fourth-order valence-corrected chi connectivity index (χ4v) is 5.84. The number of hydrogen-bond donors (Lipinski definition) is 1. The lowest BCUT2D eigenvalue weighted by Gasteiger charge is -2.13. The quantitative estimate of drug-likeness (QED) is 0.433. The molecular weight excluding hydrogens is 432 g/mol. The van der Waals surface area contributed by atoms with Crippen molar-refractivity contribution >= 4 is 44.9 Å². The SMILES string of the molecule is COCCn1c(SCC(=O)Nc2ccccc2C#N)nc2sc3c(c2c1=O)CCCC3. The first-order valence-electron chi connectivity index (χ1n) is 10.1. The molecule has 2 heterocycles. The number of carbonyl (C=O) groups is 1. The molecular formula is C22H22N4O3S2. The molecule has 0 fully saturated rings. The van der Waals surface area contributed by atoms with E-state index in [0.717, 1.165) is 41.5 Å². The number of rotatable bonds is 7. The second-order valence-corrected chi connectivity index (χ2v) is 9.26. The number of nitriles is 1. The third kappa shape index (κ3) is 4.51. The van der Waals surface area contributed by atoms with Gasteiger partial charge in [-0.2, -0.15) is 5.26 Å². The molecule has 9 heteroatoms. The highest BCUT2D eigenvalue weighted by Crippen LogP contribution is 2.34. The summed E-state index contributed by atoms with van der Waals surface area (Å²) in [6, 6.07) is 8.92. The van der Waals surface area contributed by atoms with E-state index in [4.69, 9.17) is 9.72 Å². The van der Waals surface area contributed by atoms with Gasteiger partial charge in [-0.1, -0.05) is 23.9 Å². The van der Waals surface area contributed by atoms with E-state index < -0.39 is 0 Å². The topological polar surface area (TPSA) is 97.0 Å². The number of carbonyl (C=O) groups excluding carboxylic acids is 1. The van der Waals surface area contributed by atoms with E-state index in [1.54, 1.807) is 47.3 Å². The molecule has 1 N–H and O–H groups in total. The van der Waals surface area contributed by atoms with Crippen LogP contribution in [0.25, 0.3) is 10.2 Å². The summed E-state index contributed by atoms with van der Waals surface area (Å²) in [5, 5.41) is 13.2. The summed E-state index contributed by atoms with van der Waals surface area (Å²) in [7, 11) is 1.59. The Morgan fingerprint density at radius 3 is 2.97 bits per heavy atom. The minimum absolute atomic E-state index is 0.0563. The summed E-state index contributed by atoms with van der Waals surface area (Å²) in [4.78, 5) is 32.6. The van der Waals surface area contributed by atoms with Crippen molar-refractivity contribution in [1.29, 1.82) is 5.26 Å². The molecule has 0 bridgehead atoms. The van der Waals surface area contributed by atoms with Crippen LogP contribution >= 0.6 is 23.1 Å². The lowest BCUT2D eigenvalue weighted by atomic mass is 9.97. The average Bonchev–Trinajstić information content (AvgIpc) is 3.16. The van der Waals surface area contributed by atoms with Crippen molar-refractivity contribution in [2.75, 3.05) is 24.8 Å². The van der Waals surface area contributed by atoms with Gasteiger partial charge in [-0.05, 0) is 43.4 Å². The Labute approximate surface area is 188 Å².